The highest BCUT2D eigenvalue weighted by molar-refractivity contribution is 5.94. The fourth-order valence-corrected chi connectivity index (χ4v) is 6.00. The maximum absolute atomic E-state index is 13.9. The van der Waals surface area contributed by atoms with E-state index in [1.807, 2.05) is 65.8 Å². The molecule has 1 aliphatic heterocycles. The molecule has 0 radical (unpaired) electrons. The van der Waals surface area contributed by atoms with E-state index >= 15 is 0 Å². The van der Waals surface area contributed by atoms with Crippen molar-refractivity contribution in [3.8, 4) is 6.07 Å². The van der Waals surface area contributed by atoms with Crippen LogP contribution in [0.1, 0.15) is 97.7 Å². The summed E-state index contributed by atoms with van der Waals surface area (Å²) < 4.78 is 0. The number of hydrogen-bond donors (Lipinski definition) is 5. The molecular formula is C33H48N6O5. The van der Waals surface area contributed by atoms with Crippen LogP contribution in [0.25, 0.3) is 10.9 Å². The quantitative estimate of drug-likeness (QED) is 0.236. The van der Waals surface area contributed by atoms with Gasteiger partial charge < -0.3 is 30.9 Å². The highest BCUT2D eigenvalue weighted by Crippen LogP contribution is 2.26. The number of amides is 4. The lowest BCUT2D eigenvalue weighted by molar-refractivity contribution is -0.142. The number of hydrogen-bond acceptors (Lipinski definition) is 5. The molecule has 5 N–H and O–H groups in total. The van der Waals surface area contributed by atoms with Crippen LogP contribution >= 0.6 is 0 Å². The fraction of sp³-hybridized carbons (Fsp3) is 0.606. The second kappa shape index (κ2) is 15.1. The van der Waals surface area contributed by atoms with Crippen LogP contribution in [0.3, 0.4) is 0 Å². The summed E-state index contributed by atoms with van der Waals surface area (Å²) in [7, 11) is 0. The molecule has 3 rings (SSSR count). The molecule has 2 aromatic rings. The number of carboxylic acid groups (broad SMARTS) is 1. The van der Waals surface area contributed by atoms with E-state index in [0.717, 1.165) is 31.1 Å². The van der Waals surface area contributed by atoms with Gasteiger partial charge in [-0.3, -0.25) is 9.59 Å². The van der Waals surface area contributed by atoms with Crippen molar-refractivity contribution < 1.29 is 24.3 Å². The smallest absolute Gasteiger partial charge is 0.326 e. The van der Waals surface area contributed by atoms with E-state index in [0.29, 0.717) is 23.9 Å². The van der Waals surface area contributed by atoms with Gasteiger partial charge in [0.05, 0.1) is 0 Å². The van der Waals surface area contributed by atoms with Crippen molar-refractivity contribution in [2.45, 2.75) is 123 Å². The maximum Gasteiger partial charge on any atom is 0.326 e. The van der Waals surface area contributed by atoms with Crippen LogP contribution in [0.4, 0.5) is 4.79 Å². The third-order valence-corrected chi connectivity index (χ3v) is 8.29. The number of urea groups is 1. The molecule has 0 saturated carbocycles. The number of fused-ring (bicyclic) bond motifs is 1. The molecule has 1 aliphatic rings. The van der Waals surface area contributed by atoms with Crippen molar-refractivity contribution >= 4 is 34.7 Å². The molecule has 5 atom stereocenters. The first kappa shape index (κ1) is 34.4. The lowest BCUT2D eigenvalue weighted by Crippen LogP contribution is -2.60. The van der Waals surface area contributed by atoms with Gasteiger partial charge in [0.2, 0.25) is 11.8 Å². The van der Waals surface area contributed by atoms with Crippen LogP contribution < -0.4 is 16.0 Å². The van der Waals surface area contributed by atoms with Crippen molar-refractivity contribution in [2.75, 3.05) is 0 Å². The Morgan fingerprint density at radius 1 is 1.02 bits per heavy atom. The van der Waals surface area contributed by atoms with Crippen LogP contribution in [-0.2, 0) is 20.8 Å². The number of aromatic nitrogens is 1. The summed E-state index contributed by atoms with van der Waals surface area (Å²) in [5, 5.41) is 28.7. The number of unbranched alkanes of at least 4 members (excludes halogenated alkanes) is 1. The Labute approximate surface area is 260 Å². The van der Waals surface area contributed by atoms with E-state index in [9.17, 15) is 29.5 Å². The minimum Gasteiger partial charge on any atom is -0.480 e. The molecule has 0 bridgehead atoms. The highest BCUT2D eigenvalue weighted by atomic mass is 16.4. The van der Waals surface area contributed by atoms with Crippen LogP contribution in [0.15, 0.2) is 24.3 Å². The van der Waals surface area contributed by atoms with Crippen LogP contribution in [0, 0.1) is 16.7 Å². The molecule has 1 fully saturated rings. The summed E-state index contributed by atoms with van der Waals surface area (Å²) in [6, 6.07) is 5.85. The number of carboxylic acids is 1. The second-order valence-corrected chi connectivity index (χ2v) is 13.2. The minimum atomic E-state index is -1.20. The number of H-pyrrole nitrogens is 1. The Morgan fingerprint density at radius 3 is 2.23 bits per heavy atom. The van der Waals surface area contributed by atoms with Crippen LogP contribution in [0.2, 0.25) is 0 Å². The molecule has 1 aromatic carbocycles. The Morgan fingerprint density at radius 2 is 1.64 bits per heavy atom. The lowest BCUT2D eigenvalue weighted by atomic mass is 9.87. The number of rotatable bonds is 12. The van der Waals surface area contributed by atoms with Gasteiger partial charge in [0.1, 0.15) is 29.9 Å². The van der Waals surface area contributed by atoms with Crippen molar-refractivity contribution in [1.82, 2.24) is 25.8 Å². The molecule has 240 valence electrons. The number of nitrogens with one attached hydrogen (secondary N) is 4. The van der Waals surface area contributed by atoms with Crippen molar-refractivity contribution in [2.24, 2.45) is 5.41 Å². The number of carbonyl (C=O) groups excluding carboxylic acids is 3. The van der Waals surface area contributed by atoms with Crippen molar-refractivity contribution in [3.63, 3.8) is 0 Å². The summed E-state index contributed by atoms with van der Waals surface area (Å²) in [6.07, 6.45) is 4.63. The van der Waals surface area contributed by atoms with Gasteiger partial charge in [-0.05, 0) is 63.0 Å². The molecule has 11 nitrogen and oxygen atoms in total. The van der Waals surface area contributed by atoms with Gasteiger partial charge >= 0.3 is 12.0 Å². The summed E-state index contributed by atoms with van der Waals surface area (Å²) >= 11 is 0. The van der Waals surface area contributed by atoms with Crippen molar-refractivity contribution in [1.29, 1.82) is 5.26 Å². The van der Waals surface area contributed by atoms with Crippen molar-refractivity contribution in [3.05, 3.63) is 35.5 Å². The predicted octanol–water partition coefficient (Wildman–Crippen LogP) is 4.60. The highest BCUT2D eigenvalue weighted by Gasteiger charge is 2.35. The molecule has 0 spiro atoms. The van der Waals surface area contributed by atoms with Gasteiger partial charge in [-0.2, -0.15) is 5.26 Å². The molecule has 4 amide bonds. The van der Waals surface area contributed by atoms with Crippen LogP contribution in [0.5, 0.6) is 0 Å². The number of nitrogens with zero attached hydrogens (tertiary/aromatic N) is 2. The largest absolute Gasteiger partial charge is 0.480 e. The molecule has 11 heteroatoms. The fourth-order valence-electron chi connectivity index (χ4n) is 6.00. The zero-order valence-electron chi connectivity index (χ0n) is 26.8. The monoisotopic (exact) mass is 608 g/mol. The average Bonchev–Trinajstić information content (AvgIpc) is 3.30. The van der Waals surface area contributed by atoms with E-state index in [1.54, 1.807) is 4.90 Å². The Kier molecular flexibility index (Phi) is 11.8. The Bertz CT molecular complexity index is 1360. The summed E-state index contributed by atoms with van der Waals surface area (Å²) in [6.45, 7) is 11.8. The lowest BCUT2D eigenvalue weighted by Gasteiger charge is -2.40. The molecule has 0 aliphatic carbocycles. The van der Waals surface area contributed by atoms with E-state index in [2.05, 4.69) is 27.0 Å². The van der Waals surface area contributed by atoms with Gasteiger partial charge in [0, 0.05) is 29.4 Å². The normalized spacial score (nSPS) is 19.0. The standard InChI is InChI=1S/C33H48N6O5/c1-7-8-15-25(31(42)43)36-29(40)26(17-23-22-14-9-10-16-24(22)35-28(23)19-34)37-30(41)27(18-33(4,5)6)38-32(44)39-20(2)12-11-13-21(39)3/h9-10,14,16,20-21,25-27,35H,7-8,11-13,15,17-18H2,1-6H3,(H,36,40)(H,37,41)(H,38,44)(H,42,43)/t20?,21?,25-,26-,27+/m1/s1. The van der Waals surface area contributed by atoms with Gasteiger partial charge in [0.25, 0.3) is 0 Å². The van der Waals surface area contributed by atoms with E-state index in [-0.39, 0.29) is 42.1 Å². The van der Waals surface area contributed by atoms with Gasteiger partial charge in [0.15, 0.2) is 0 Å². The number of nitriles is 1. The molecule has 1 aromatic heterocycles. The van der Waals surface area contributed by atoms with Gasteiger partial charge in [-0.1, -0.05) is 58.7 Å². The zero-order valence-corrected chi connectivity index (χ0v) is 26.8. The predicted molar refractivity (Wildman–Crippen MR) is 169 cm³/mol. The summed E-state index contributed by atoms with van der Waals surface area (Å²) in [5.41, 5.74) is 1.16. The van der Waals surface area contributed by atoms with E-state index < -0.39 is 35.9 Å². The average molecular weight is 609 g/mol. The minimum absolute atomic E-state index is 0.0259. The number of benzene rings is 1. The van der Waals surface area contributed by atoms with E-state index in [1.165, 1.54) is 0 Å². The molecule has 2 heterocycles. The number of aromatic amines is 1. The SMILES string of the molecule is CCCC[C@@H](NC(=O)[C@@H](Cc1c(C#N)[nH]c2ccccc12)NC(=O)[C@H](CC(C)(C)C)NC(=O)N1C(C)CCCC1C)C(=O)O. The topological polar surface area (TPSA) is 167 Å². The second-order valence-electron chi connectivity index (χ2n) is 13.2. The Hall–Kier alpha value is -4.07. The zero-order chi connectivity index (χ0) is 32.6. The number of carbonyl (C=O) groups is 4. The first-order chi connectivity index (χ1) is 20.7. The van der Waals surface area contributed by atoms with E-state index in [4.69, 9.17) is 0 Å². The summed E-state index contributed by atoms with van der Waals surface area (Å²) in [5.74, 6) is -2.39. The third-order valence-electron chi connectivity index (χ3n) is 8.29. The summed E-state index contributed by atoms with van der Waals surface area (Å²) in [4.78, 5) is 58.0. The molecule has 44 heavy (non-hydrogen) atoms. The van der Waals surface area contributed by atoms with Gasteiger partial charge in [-0.25, -0.2) is 9.59 Å². The number of aliphatic carboxylic acids is 1. The van der Waals surface area contributed by atoms with Gasteiger partial charge in [-0.15, -0.1) is 0 Å². The van der Waals surface area contributed by atoms with Crippen LogP contribution in [-0.4, -0.2) is 69.0 Å². The first-order valence-electron chi connectivity index (χ1n) is 15.7. The Balaban J connectivity index is 1.94. The maximum atomic E-state index is 13.9. The number of para-hydroxylation sites is 1. The number of likely N-dealkylation sites (tertiary alicyclic amines) is 1. The molecule has 1 saturated heterocycles. The molecule has 2 unspecified atom stereocenters. The number of piperidine rings is 1. The first-order valence-corrected chi connectivity index (χ1v) is 15.7. The molecular weight excluding hydrogens is 560 g/mol. The third kappa shape index (κ3) is 8.97.